The molecule has 13 heteroatoms. The molecule has 1 aliphatic rings. The van der Waals surface area contributed by atoms with Gasteiger partial charge in [0.2, 0.25) is 5.95 Å². The molecular weight excluding hydrogens is 534 g/mol. The van der Waals surface area contributed by atoms with Crippen molar-refractivity contribution in [1.29, 1.82) is 0 Å². The number of esters is 3. The van der Waals surface area contributed by atoms with Gasteiger partial charge in [-0.25, -0.2) is 9.97 Å². The van der Waals surface area contributed by atoms with Crippen LogP contribution in [0.4, 0.5) is 5.95 Å². The maximum absolute atomic E-state index is 12.0. The van der Waals surface area contributed by atoms with Gasteiger partial charge in [-0.2, -0.15) is 4.98 Å². The molecule has 0 spiro atoms. The Morgan fingerprint density at radius 1 is 0.975 bits per heavy atom. The van der Waals surface area contributed by atoms with Crippen molar-refractivity contribution in [3.63, 3.8) is 0 Å². The fraction of sp³-hybridized carbons (Fsp3) is 0.630. The molecule has 2 aromatic heterocycles. The second kappa shape index (κ2) is 12.3. The van der Waals surface area contributed by atoms with Crippen LogP contribution in [-0.2, 0) is 33.3 Å². The highest BCUT2D eigenvalue weighted by Crippen LogP contribution is 2.41. The van der Waals surface area contributed by atoms with Crippen LogP contribution in [0.5, 0.6) is 0 Å². The highest BCUT2D eigenvalue weighted by molar-refractivity contribution is 6.90. The second-order valence-corrected chi connectivity index (χ2v) is 16.5. The van der Waals surface area contributed by atoms with Crippen molar-refractivity contribution in [2.24, 2.45) is 0 Å². The quantitative estimate of drug-likeness (QED) is 0.214. The summed E-state index contributed by atoms with van der Waals surface area (Å²) in [5, 5.41) is 0. The first-order valence-corrected chi connectivity index (χ1v) is 15.6. The number of hydrogen-bond acceptors (Lipinski definition) is 11. The first kappa shape index (κ1) is 31.0. The van der Waals surface area contributed by atoms with Gasteiger partial charge in [-0.05, 0) is 16.6 Å². The van der Waals surface area contributed by atoms with Gasteiger partial charge < -0.3 is 24.7 Å². The molecule has 2 N–H and O–H groups in total. The maximum Gasteiger partial charge on any atom is 0.303 e. The minimum absolute atomic E-state index is 0.0144. The maximum atomic E-state index is 12.0. The van der Waals surface area contributed by atoms with E-state index in [0.29, 0.717) is 33.5 Å². The molecule has 12 nitrogen and oxygen atoms in total. The topological polar surface area (TPSA) is 158 Å². The summed E-state index contributed by atoms with van der Waals surface area (Å²) in [7, 11) is -2.08. The normalized spacial score (nSPS) is 21.0. The molecule has 2 aromatic rings. The van der Waals surface area contributed by atoms with Crippen LogP contribution in [0, 0.1) is 11.5 Å². The van der Waals surface area contributed by atoms with Crippen LogP contribution in [0.15, 0.2) is 6.33 Å². The van der Waals surface area contributed by atoms with Crippen molar-refractivity contribution in [3.8, 4) is 11.5 Å². The summed E-state index contributed by atoms with van der Waals surface area (Å²) in [5.41, 5.74) is 12.1. The Morgan fingerprint density at radius 3 is 2.08 bits per heavy atom. The smallest absolute Gasteiger partial charge is 0.303 e. The summed E-state index contributed by atoms with van der Waals surface area (Å²) in [4.78, 5) is 48.7. The number of aromatic nitrogens is 4. The van der Waals surface area contributed by atoms with Gasteiger partial charge in [0.1, 0.15) is 32.0 Å². The van der Waals surface area contributed by atoms with Gasteiger partial charge in [0.05, 0.1) is 6.33 Å². The van der Waals surface area contributed by atoms with Crippen molar-refractivity contribution < 1.29 is 33.3 Å². The zero-order valence-electron chi connectivity index (χ0n) is 24.5. The summed E-state index contributed by atoms with van der Waals surface area (Å²) < 4.78 is 23.8. The minimum atomic E-state index is -2.08. The van der Waals surface area contributed by atoms with Crippen LogP contribution < -0.4 is 5.73 Å². The molecule has 3 heterocycles. The van der Waals surface area contributed by atoms with E-state index in [1.807, 2.05) is 0 Å². The Bertz CT molecular complexity index is 1310. The van der Waals surface area contributed by atoms with Crippen LogP contribution in [0.3, 0.4) is 0 Å². The highest BCUT2D eigenvalue weighted by atomic mass is 28.3. The summed E-state index contributed by atoms with van der Waals surface area (Å²) in [6.07, 6.45) is -2.64. The molecule has 0 unspecified atom stereocenters. The number of imidazole rings is 1. The van der Waals surface area contributed by atoms with E-state index in [9.17, 15) is 14.4 Å². The molecule has 0 aliphatic carbocycles. The Kier molecular flexibility index (Phi) is 9.58. The number of fused-ring (bicyclic) bond motifs is 1. The predicted octanol–water partition coefficient (Wildman–Crippen LogP) is 3.30. The van der Waals surface area contributed by atoms with Gasteiger partial charge >= 0.3 is 17.9 Å². The van der Waals surface area contributed by atoms with Crippen LogP contribution in [0.25, 0.3) is 11.2 Å². The summed E-state index contributed by atoms with van der Waals surface area (Å²) in [6, 6.07) is 0. The number of rotatable bonds is 8. The number of hydrogen-bond donors (Lipinski definition) is 1. The molecular formula is C27H39N5O7Si. The van der Waals surface area contributed by atoms with Gasteiger partial charge in [0, 0.05) is 20.8 Å². The fourth-order valence-corrected chi connectivity index (χ4v) is 10.9. The van der Waals surface area contributed by atoms with Gasteiger partial charge in [-0.3, -0.25) is 19.0 Å². The molecule has 40 heavy (non-hydrogen) atoms. The van der Waals surface area contributed by atoms with E-state index in [1.54, 1.807) is 0 Å². The predicted molar refractivity (Wildman–Crippen MR) is 149 cm³/mol. The lowest BCUT2D eigenvalue weighted by Gasteiger charge is -2.38. The average molecular weight is 574 g/mol. The molecule has 0 aromatic carbocycles. The lowest BCUT2D eigenvalue weighted by molar-refractivity contribution is -0.166. The lowest BCUT2D eigenvalue weighted by Crippen LogP contribution is -2.43. The van der Waals surface area contributed by atoms with Gasteiger partial charge in [-0.15, -0.1) is 5.54 Å². The van der Waals surface area contributed by atoms with Crippen molar-refractivity contribution in [1.82, 2.24) is 19.5 Å². The van der Waals surface area contributed by atoms with E-state index in [0.717, 1.165) is 0 Å². The van der Waals surface area contributed by atoms with E-state index < -0.39 is 50.5 Å². The van der Waals surface area contributed by atoms with Crippen LogP contribution in [-0.4, -0.2) is 70.4 Å². The van der Waals surface area contributed by atoms with Gasteiger partial charge in [-0.1, -0.05) is 47.5 Å². The third-order valence-corrected chi connectivity index (χ3v) is 13.6. The Labute approximate surface area is 235 Å². The number of ether oxygens (including phenoxy) is 4. The fourth-order valence-electron chi connectivity index (χ4n) is 5.72. The summed E-state index contributed by atoms with van der Waals surface area (Å²) in [6.45, 7) is 16.8. The molecule has 1 aliphatic heterocycles. The number of carbonyl (C=O) groups excluding carboxylic acids is 3. The molecule has 1 fully saturated rings. The van der Waals surface area contributed by atoms with Gasteiger partial charge in [0.15, 0.2) is 24.1 Å². The van der Waals surface area contributed by atoms with Crippen LogP contribution in [0.2, 0.25) is 16.6 Å². The SMILES string of the molecule is CC(=O)OC[C@H]1O[C@@H](n2cnc3c(C#C[Si](C(C)C)(C(C)C)C(C)C)nc(N)nc32)[C@H](OC(C)=O)[C@@H]1OC(C)=O. The molecule has 4 atom stereocenters. The van der Waals surface area contributed by atoms with Crippen LogP contribution in [0.1, 0.15) is 74.2 Å². The number of carbonyl (C=O) groups is 3. The standard InChI is InChI=1S/C27H39N5O7Si/c1-14(2)40(15(3)4,16(5)6)11-10-20-22-25(31-27(28)30-20)32(13-29-22)26-24(38-19(9)35)23(37-18(8)34)21(39-26)12-36-17(7)33/h13-16,21,23-24,26H,12H2,1-9H3,(H2,28,30,31)/t21-,23-,24-,26-/m1/s1. The third kappa shape index (κ3) is 6.28. The Morgan fingerprint density at radius 2 is 1.55 bits per heavy atom. The molecule has 0 bridgehead atoms. The summed E-state index contributed by atoms with van der Waals surface area (Å²) in [5.74, 6) is 1.49. The van der Waals surface area contributed by atoms with Crippen molar-refractivity contribution >= 4 is 43.1 Å². The van der Waals surface area contributed by atoms with E-state index in [4.69, 9.17) is 24.7 Å². The number of anilines is 1. The van der Waals surface area contributed by atoms with Crippen LogP contribution >= 0.6 is 0 Å². The Balaban J connectivity index is 2.14. The second-order valence-electron chi connectivity index (χ2n) is 10.9. The molecule has 1 saturated heterocycles. The Hall–Kier alpha value is -3.50. The number of nitrogen functional groups attached to an aromatic ring is 1. The number of nitrogens with zero attached hydrogens (tertiary/aromatic N) is 4. The first-order valence-electron chi connectivity index (χ1n) is 13.3. The summed E-state index contributed by atoms with van der Waals surface area (Å²) >= 11 is 0. The molecule has 0 radical (unpaired) electrons. The zero-order chi connectivity index (χ0) is 29.9. The third-order valence-electron chi connectivity index (χ3n) is 7.32. The van der Waals surface area contributed by atoms with E-state index in [1.165, 1.54) is 31.7 Å². The molecule has 218 valence electrons. The van der Waals surface area contributed by atoms with Gasteiger partial charge in [0.25, 0.3) is 0 Å². The zero-order valence-corrected chi connectivity index (χ0v) is 25.5. The van der Waals surface area contributed by atoms with E-state index in [2.05, 4.69) is 68.0 Å². The van der Waals surface area contributed by atoms with Crippen molar-refractivity contribution in [2.75, 3.05) is 12.3 Å². The van der Waals surface area contributed by atoms with E-state index >= 15 is 0 Å². The molecule has 3 rings (SSSR count). The first-order chi connectivity index (χ1) is 18.7. The van der Waals surface area contributed by atoms with Crippen molar-refractivity contribution in [2.45, 2.75) is 103 Å². The monoisotopic (exact) mass is 573 g/mol. The highest BCUT2D eigenvalue weighted by Gasteiger charge is 2.51. The molecule has 0 amide bonds. The minimum Gasteiger partial charge on any atom is -0.463 e. The lowest BCUT2D eigenvalue weighted by atomic mass is 10.1. The molecule has 0 saturated carbocycles. The van der Waals surface area contributed by atoms with Crippen molar-refractivity contribution in [3.05, 3.63) is 12.0 Å². The largest absolute Gasteiger partial charge is 0.463 e. The number of nitrogens with two attached hydrogens (primary N) is 1. The van der Waals surface area contributed by atoms with E-state index in [-0.39, 0.29) is 12.6 Å². The average Bonchev–Trinajstić information content (AvgIpc) is 3.38.